The zero-order chi connectivity index (χ0) is 7.23. The van der Waals surface area contributed by atoms with E-state index in [0.717, 1.165) is 17.8 Å². The normalized spacial score (nSPS) is 9.60. The zero-order valence-electron chi connectivity index (χ0n) is 5.45. The molecule has 0 radical (unpaired) electrons. The molecule has 54 valence electrons. The summed E-state index contributed by atoms with van der Waals surface area (Å²) >= 11 is 1.55. The van der Waals surface area contributed by atoms with Gasteiger partial charge >= 0.3 is 0 Å². The van der Waals surface area contributed by atoms with Gasteiger partial charge in [-0.05, 0) is 12.1 Å². The van der Waals surface area contributed by atoms with Gasteiger partial charge in [0.25, 0.3) is 0 Å². The maximum Gasteiger partial charge on any atom is 0.129 e. The molecule has 1 aromatic heterocycles. The molecule has 1 heterocycles. The van der Waals surface area contributed by atoms with Crippen molar-refractivity contribution in [2.75, 3.05) is 5.75 Å². The van der Waals surface area contributed by atoms with Crippen LogP contribution in [0.2, 0.25) is 0 Å². The van der Waals surface area contributed by atoms with Gasteiger partial charge in [-0.1, -0.05) is 0 Å². The summed E-state index contributed by atoms with van der Waals surface area (Å²) < 4.78 is 5.04. The number of carbonyl (C=O) groups is 1. The van der Waals surface area contributed by atoms with Crippen LogP contribution >= 0.6 is 11.8 Å². The van der Waals surface area contributed by atoms with Crippen LogP contribution in [0.3, 0.4) is 0 Å². The van der Waals surface area contributed by atoms with Crippen LogP contribution in [0.4, 0.5) is 0 Å². The highest BCUT2D eigenvalue weighted by atomic mass is 32.2. The fourth-order valence-corrected chi connectivity index (χ4v) is 1.18. The van der Waals surface area contributed by atoms with E-state index in [2.05, 4.69) is 0 Å². The molecule has 0 atom stereocenters. The van der Waals surface area contributed by atoms with Gasteiger partial charge in [0.1, 0.15) is 12.0 Å². The third-order valence-electron chi connectivity index (χ3n) is 1.01. The van der Waals surface area contributed by atoms with Crippen LogP contribution in [-0.4, -0.2) is 12.0 Å². The lowest BCUT2D eigenvalue weighted by Gasteiger charge is -1.90. The van der Waals surface area contributed by atoms with Crippen molar-refractivity contribution in [3.8, 4) is 0 Å². The Morgan fingerprint density at radius 2 is 2.60 bits per heavy atom. The van der Waals surface area contributed by atoms with Crippen molar-refractivity contribution in [3.63, 3.8) is 0 Å². The Labute approximate surface area is 63.6 Å². The molecule has 1 rings (SSSR count). The van der Waals surface area contributed by atoms with E-state index in [9.17, 15) is 4.79 Å². The molecule has 0 aliphatic carbocycles. The molecular formula is C7H8O2S. The lowest BCUT2D eigenvalue weighted by Crippen LogP contribution is -1.79. The number of rotatable bonds is 4. The molecule has 0 aliphatic rings. The second-order valence-electron chi connectivity index (χ2n) is 1.76. The smallest absolute Gasteiger partial charge is 0.129 e. The topological polar surface area (TPSA) is 30.2 Å². The Bertz CT molecular complexity index is 181. The third-order valence-corrected chi connectivity index (χ3v) is 1.87. The van der Waals surface area contributed by atoms with Crippen LogP contribution in [0.1, 0.15) is 5.76 Å². The standard InChI is InChI=1S/C7H8O2S/c8-3-5-10-6-7-2-1-4-9-7/h1-4H,5-6H2. The predicted molar refractivity (Wildman–Crippen MR) is 40.9 cm³/mol. The minimum absolute atomic E-state index is 0.542. The highest BCUT2D eigenvalue weighted by Crippen LogP contribution is 2.10. The fraction of sp³-hybridized carbons (Fsp3) is 0.286. The minimum Gasteiger partial charge on any atom is -0.468 e. The second kappa shape index (κ2) is 4.17. The molecule has 3 heteroatoms. The summed E-state index contributed by atoms with van der Waals surface area (Å²) in [4.78, 5) is 9.88. The van der Waals surface area contributed by atoms with Crippen LogP contribution in [0.15, 0.2) is 22.8 Å². The van der Waals surface area contributed by atoms with Gasteiger partial charge in [0.2, 0.25) is 0 Å². The summed E-state index contributed by atoms with van der Waals surface area (Å²) in [5, 5.41) is 0. The summed E-state index contributed by atoms with van der Waals surface area (Å²) in [5.41, 5.74) is 0. The van der Waals surface area contributed by atoms with Crippen molar-refractivity contribution >= 4 is 18.0 Å². The van der Waals surface area contributed by atoms with Gasteiger partial charge in [-0.15, -0.1) is 11.8 Å². The number of hydrogen-bond donors (Lipinski definition) is 0. The van der Waals surface area contributed by atoms with Crippen LogP contribution in [-0.2, 0) is 10.5 Å². The maximum atomic E-state index is 9.88. The SMILES string of the molecule is O=CCSCc1ccco1. The Morgan fingerprint density at radius 1 is 1.70 bits per heavy atom. The van der Waals surface area contributed by atoms with Crippen LogP contribution in [0.5, 0.6) is 0 Å². The first-order valence-electron chi connectivity index (χ1n) is 2.97. The van der Waals surface area contributed by atoms with Crippen molar-refractivity contribution < 1.29 is 9.21 Å². The summed E-state index contributed by atoms with van der Waals surface area (Å²) in [5.74, 6) is 2.25. The van der Waals surface area contributed by atoms with E-state index >= 15 is 0 Å². The summed E-state index contributed by atoms with van der Waals surface area (Å²) in [6.07, 6.45) is 2.53. The lowest BCUT2D eigenvalue weighted by atomic mass is 10.5. The number of aldehydes is 1. The second-order valence-corrected chi connectivity index (χ2v) is 2.79. The van der Waals surface area contributed by atoms with E-state index in [-0.39, 0.29) is 0 Å². The van der Waals surface area contributed by atoms with E-state index in [1.54, 1.807) is 18.0 Å². The van der Waals surface area contributed by atoms with Gasteiger partial charge in [-0.25, -0.2) is 0 Å². The van der Waals surface area contributed by atoms with Gasteiger partial charge in [-0.3, -0.25) is 0 Å². The molecule has 0 spiro atoms. The first-order chi connectivity index (χ1) is 4.93. The highest BCUT2D eigenvalue weighted by molar-refractivity contribution is 7.99. The number of furan rings is 1. The van der Waals surface area contributed by atoms with E-state index in [0.29, 0.717) is 5.75 Å². The molecule has 10 heavy (non-hydrogen) atoms. The van der Waals surface area contributed by atoms with E-state index in [1.807, 2.05) is 12.1 Å². The van der Waals surface area contributed by atoms with Crippen molar-refractivity contribution in [1.29, 1.82) is 0 Å². The Kier molecular flexibility index (Phi) is 3.09. The number of hydrogen-bond acceptors (Lipinski definition) is 3. The summed E-state index contributed by atoms with van der Waals surface area (Å²) in [7, 11) is 0. The molecule has 0 saturated carbocycles. The van der Waals surface area contributed by atoms with Crippen molar-refractivity contribution in [2.45, 2.75) is 5.75 Å². The molecule has 0 aliphatic heterocycles. The molecule has 0 aromatic carbocycles. The third kappa shape index (κ3) is 2.27. The number of carbonyl (C=O) groups excluding carboxylic acids is 1. The molecule has 0 unspecified atom stereocenters. The largest absolute Gasteiger partial charge is 0.468 e. The molecule has 1 aromatic rings. The van der Waals surface area contributed by atoms with E-state index < -0.39 is 0 Å². The van der Waals surface area contributed by atoms with Crippen LogP contribution in [0, 0.1) is 0 Å². The first-order valence-corrected chi connectivity index (χ1v) is 4.12. The Morgan fingerprint density at radius 3 is 3.20 bits per heavy atom. The fourth-order valence-electron chi connectivity index (χ4n) is 0.602. The molecule has 2 nitrogen and oxygen atoms in total. The van der Waals surface area contributed by atoms with Crippen molar-refractivity contribution in [2.24, 2.45) is 0 Å². The molecule has 0 amide bonds. The first kappa shape index (κ1) is 7.41. The van der Waals surface area contributed by atoms with Crippen molar-refractivity contribution in [3.05, 3.63) is 24.2 Å². The van der Waals surface area contributed by atoms with E-state index in [4.69, 9.17) is 4.42 Å². The van der Waals surface area contributed by atoms with Crippen LogP contribution < -0.4 is 0 Å². The lowest BCUT2D eigenvalue weighted by molar-refractivity contribution is -0.105. The quantitative estimate of drug-likeness (QED) is 0.491. The molecule has 0 fully saturated rings. The maximum absolute atomic E-state index is 9.88. The minimum atomic E-state index is 0.542. The van der Waals surface area contributed by atoms with Gasteiger partial charge < -0.3 is 9.21 Å². The number of thioether (sulfide) groups is 1. The Hall–Kier alpha value is -0.700. The van der Waals surface area contributed by atoms with Gasteiger partial charge in [-0.2, -0.15) is 0 Å². The average Bonchev–Trinajstić information content (AvgIpc) is 2.41. The highest BCUT2D eigenvalue weighted by Gasteiger charge is 1.93. The molecule has 0 saturated heterocycles. The average molecular weight is 156 g/mol. The Balaban J connectivity index is 2.21. The van der Waals surface area contributed by atoms with Gasteiger partial charge in [0.15, 0.2) is 0 Å². The van der Waals surface area contributed by atoms with E-state index in [1.165, 1.54) is 0 Å². The predicted octanol–water partition coefficient (Wildman–Crippen LogP) is 1.71. The molecule has 0 bridgehead atoms. The monoisotopic (exact) mass is 156 g/mol. The van der Waals surface area contributed by atoms with Crippen LogP contribution in [0.25, 0.3) is 0 Å². The van der Waals surface area contributed by atoms with Crippen molar-refractivity contribution in [1.82, 2.24) is 0 Å². The molecular weight excluding hydrogens is 148 g/mol. The zero-order valence-corrected chi connectivity index (χ0v) is 6.26. The molecule has 0 N–H and O–H groups in total. The van der Waals surface area contributed by atoms with Gasteiger partial charge in [0.05, 0.1) is 12.0 Å². The summed E-state index contributed by atoms with van der Waals surface area (Å²) in [6.45, 7) is 0. The van der Waals surface area contributed by atoms with Gasteiger partial charge in [0, 0.05) is 5.75 Å². The summed E-state index contributed by atoms with van der Waals surface area (Å²) in [6, 6.07) is 3.74.